The van der Waals surface area contributed by atoms with Crippen molar-refractivity contribution in [2.45, 2.75) is 26.3 Å². The van der Waals surface area contributed by atoms with Crippen LogP contribution < -0.4 is 21.9 Å². The Kier molecular flexibility index (Phi) is 6.54. The second-order valence-corrected chi connectivity index (χ2v) is 6.47. The fourth-order valence-corrected chi connectivity index (χ4v) is 3.18. The molecule has 0 saturated carbocycles. The SMILES string of the molecule is CCCn1c(N)c(N(CCOC)C(=O)Cc2cccs2)c(=O)[nH]c1=O. The zero-order chi connectivity index (χ0) is 18.4. The number of aromatic nitrogens is 2. The van der Waals surface area contributed by atoms with E-state index in [-0.39, 0.29) is 37.0 Å². The molecule has 2 aromatic heterocycles. The van der Waals surface area contributed by atoms with Gasteiger partial charge in [0.1, 0.15) is 5.82 Å². The number of H-pyrrole nitrogens is 1. The first-order valence-corrected chi connectivity index (χ1v) is 8.81. The lowest BCUT2D eigenvalue weighted by atomic mass is 10.2. The highest BCUT2D eigenvalue weighted by Gasteiger charge is 2.24. The molecule has 0 atom stereocenters. The Morgan fingerprint density at radius 1 is 1.44 bits per heavy atom. The van der Waals surface area contributed by atoms with E-state index in [4.69, 9.17) is 10.5 Å². The molecular formula is C16H22N4O4S. The first kappa shape index (κ1) is 18.9. The quantitative estimate of drug-likeness (QED) is 0.718. The van der Waals surface area contributed by atoms with Gasteiger partial charge in [0.05, 0.1) is 13.0 Å². The van der Waals surface area contributed by atoms with Crippen LogP contribution in [-0.4, -0.2) is 35.7 Å². The first-order chi connectivity index (χ1) is 12.0. The van der Waals surface area contributed by atoms with Gasteiger partial charge in [-0.3, -0.25) is 19.1 Å². The van der Waals surface area contributed by atoms with E-state index in [9.17, 15) is 14.4 Å². The molecule has 25 heavy (non-hydrogen) atoms. The lowest BCUT2D eigenvalue weighted by Gasteiger charge is -2.24. The number of nitrogens with zero attached hydrogens (tertiary/aromatic N) is 2. The molecule has 1 amide bonds. The Morgan fingerprint density at radius 3 is 2.80 bits per heavy atom. The molecular weight excluding hydrogens is 344 g/mol. The van der Waals surface area contributed by atoms with Crippen molar-refractivity contribution in [1.29, 1.82) is 0 Å². The van der Waals surface area contributed by atoms with Crippen molar-refractivity contribution in [2.75, 3.05) is 30.9 Å². The molecule has 0 saturated heterocycles. The van der Waals surface area contributed by atoms with Gasteiger partial charge in [0, 0.05) is 25.1 Å². The minimum absolute atomic E-state index is 0.00773. The highest BCUT2D eigenvalue weighted by atomic mass is 32.1. The maximum atomic E-state index is 12.8. The van der Waals surface area contributed by atoms with Gasteiger partial charge in [0.2, 0.25) is 5.91 Å². The maximum Gasteiger partial charge on any atom is 0.330 e. The van der Waals surface area contributed by atoms with Gasteiger partial charge in [-0.15, -0.1) is 11.3 Å². The second kappa shape index (κ2) is 8.63. The van der Waals surface area contributed by atoms with Crippen molar-refractivity contribution in [3.63, 3.8) is 0 Å². The van der Waals surface area contributed by atoms with Gasteiger partial charge in [0.15, 0.2) is 5.69 Å². The van der Waals surface area contributed by atoms with Crippen LogP contribution in [0.25, 0.3) is 0 Å². The predicted octanol–water partition coefficient (Wildman–Crippen LogP) is 0.812. The highest BCUT2D eigenvalue weighted by molar-refractivity contribution is 7.10. The number of amides is 1. The molecule has 0 aliphatic carbocycles. The zero-order valence-corrected chi connectivity index (χ0v) is 15.1. The molecule has 0 fully saturated rings. The Hall–Kier alpha value is -2.39. The number of methoxy groups -OCH3 is 1. The minimum atomic E-state index is -0.675. The van der Waals surface area contributed by atoms with Gasteiger partial charge in [-0.25, -0.2) is 4.79 Å². The van der Waals surface area contributed by atoms with Crippen LogP contribution in [0.3, 0.4) is 0 Å². The largest absolute Gasteiger partial charge is 0.383 e. The number of aromatic amines is 1. The summed E-state index contributed by atoms with van der Waals surface area (Å²) in [7, 11) is 1.51. The topological polar surface area (TPSA) is 110 Å². The molecule has 136 valence electrons. The monoisotopic (exact) mass is 366 g/mol. The van der Waals surface area contributed by atoms with Gasteiger partial charge in [-0.2, -0.15) is 0 Å². The third kappa shape index (κ3) is 4.37. The van der Waals surface area contributed by atoms with Crippen molar-refractivity contribution in [3.8, 4) is 0 Å². The summed E-state index contributed by atoms with van der Waals surface area (Å²) >= 11 is 1.46. The second-order valence-electron chi connectivity index (χ2n) is 5.44. The number of anilines is 2. The zero-order valence-electron chi connectivity index (χ0n) is 14.3. The van der Waals surface area contributed by atoms with E-state index in [1.165, 1.54) is 27.9 Å². The summed E-state index contributed by atoms with van der Waals surface area (Å²) in [5.41, 5.74) is 4.80. The molecule has 0 aliphatic rings. The minimum Gasteiger partial charge on any atom is -0.383 e. The molecule has 0 radical (unpaired) electrons. The summed E-state index contributed by atoms with van der Waals surface area (Å²) in [6, 6.07) is 3.71. The van der Waals surface area contributed by atoms with Crippen molar-refractivity contribution in [1.82, 2.24) is 9.55 Å². The Labute approximate surface area is 148 Å². The van der Waals surface area contributed by atoms with Crippen molar-refractivity contribution in [3.05, 3.63) is 43.2 Å². The van der Waals surface area contributed by atoms with E-state index in [1.807, 2.05) is 24.4 Å². The molecule has 9 heteroatoms. The van der Waals surface area contributed by atoms with Crippen LogP contribution in [0.5, 0.6) is 0 Å². The van der Waals surface area contributed by atoms with Crippen LogP contribution >= 0.6 is 11.3 Å². The number of nitrogen functional groups attached to an aromatic ring is 1. The number of carbonyl (C=O) groups is 1. The lowest BCUT2D eigenvalue weighted by Crippen LogP contribution is -2.43. The summed E-state index contributed by atoms with van der Waals surface area (Å²) in [5.74, 6) is -0.287. The van der Waals surface area contributed by atoms with Crippen LogP contribution in [0.1, 0.15) is 18.2 Å². The number of ether oxygens (including phenoxy) is 1. The average Bonchev–Trinajstić information content (AvgIpc) is 3.07. The van der Waals surface area contributed by atoms with E-state index in [0.717, 1.165) is 4.88 Å². The van der Waals surface area contributed by atoms with Crippen LogP contribution in [0.4, 0.5) is 11.5 Å². The third-order valence-corrected chi connectivity index (χ3v) is 4.53. The van der Waals surface area contributed by atoms with Crippen LogP contribution in [-0.2, 0) is 22.5 Å². The average molecular weight is 366 g/mol. The van der Waals surface area contributed by atoms with Gasteiger partial charge in [-0.05, 0) is 17.9 Å². The molecule has 8 nitrogen and oxygen atoms in total. The summed E-state index contributed by atoms with van der Waals surface area (Å²) < 4.78 is 6.32. The van der Waals surface area contributed by atoms with E-state index in [1.54, 1.807) is 0 Å². The third-order valence-electron chi connectivity index (χ3n) is 3.66. The van der Waals surface area contributed by atoms with Gasteiger partial charge >= 0.3 is 5.69 Å². The van der Waals surface area contributed by atoms with Crippen molar-refractivity contribution < 1.29 is 9.53 Å². The molecule has 0 spiro atoms. The van der Waals surface area contributed by atoms with E-state index in [0.29, 0.717) is 13.0 Å². The fourth-order valence-electron chi connectivity index (χ4n) is 2.49. The molecule has 0 aliphatic heterocycles. The normalized spacial score (nSPS) is 10.8. The van der Waals surface area contributed by atoms with E-state index in [2.05, 4.69) is 4.98 Å². The van der Waals surface area contributed by atoms with E-state index >= 15 is 0 Å². The molecule has 0 unspecified atom stereocenters. The van der Waals surface area contributed by atoms with E-state index < -0.39 is 11.2 Å². The molecule has 0 aromatic carbocycles. The van der Waals surface area contributed by atoms with Crippen LogP contribution in [0.15, 0.2) is 27.1 Å². The number of nitrogens with one attached hydrogen (secondary N) is 1. The summed E-state index contributed by atoms with van der Waals surface area (Å²) in [4.78, 5) is 41.5. The number of rotatable bonds is 8. The highest BCUT2D eigenvalue weighted by Crippen LogP contribution is 2.19. The summed E-state index contributed by atoms with van der Waals surface area (Å²) in [6.45, 7) is 2.65. The molecule has 2 aromatic rings. The fraction of sp³-hybridized carbons (Fsp3) is 0.438. The summed E-state index contributed by atoms with van der Waals surface area (Å²) in [6.07, 6.45) is 0.809. The number of nitrogens with two attached hydrogens (primary N) is 1. The van der Waals surface area contributed by atoms with Crippen LogP contribution in [0, 0.1) is 0 Å². The molecule has 0 bridgehead atoms. The smallest absolute Gasteiger partial charge is 0.330 e. The predicted molar refractivity (Wildman–Crippen MR) is 98.3 cm³/mol. The first-order valence-electron chi connectivity index (χ1n) is 7.93. The van der Waals surface area contributed by atoms with Gasteiger partial charge < -0.3 is 15.4 Å². The molecule has 2 rings (SSSR count). The maximum absolute atomic E-state index is 12.8. The van der Waals surface area contributed by atoms with Gasteiger partial charge in [-0.1, -0.05) is 13.0 Å². The standard InChI is InChI=1S/C16H22N4O4S/c1-3-6-20-14(17)13(15(22)18-16(20)23)19(7-8-24-2)12(21)10-11-5-4-9-25-11/h4-5,9H,3,6-8,10,17H2,1-2H3,(H,18,22,23). The number of carbonyl (C=O) groups excluding carboxylic acids is 1. The number of hydrogen-bond acceptors (Lipinski definition) is 6. The lowest BCUT2D eigenvalue weighted by molar-refractivity contribution is -0.118. The van der Waals surface area contributed by atoms with Crippen LogP contribution in [0.2, 0.25) is 0 Å². The Morgan fingerprint density at radius 2 is 2.20 bits per heavy atom. The Bertz CT molecular complexity index is 826. The molecule has 3 N–H and O–H groups in total. The van der Waals surface area contributed by atoms with Gasteiger partial charge in [0.25, 0.3) is 5.56 Å². The summed E-state index contributed by atoms with van der Waals surface area (Å²) in [5, 5.41) is 1.88. The molecule has 2 heterocycles. The van der Waals surface area contributed by atoms with Crippen molar-refractivity contribution >= 4 is 28.7 Å². The van der Waals surface area contributed by atoms with Crippen molar-refractivity contribution in [2.24, 2.45) is 0 Å². The Balaban J connectivity index is 2.46. The number of hydrogen-bond donors (Lipinski definition) is 2. The number of thiophene rings is 1.